The van der Waals surface area contributed by atoms with Crippen LogP contribution in [0.25, 0.3) is 0 Å². The van der Waals surface area contributed by atoms with Gasteiger partial charge in [-0.15, -0.1) is 0 Å². The molecule has 3 rings (SSSR count). The van der Waals surface area contributed by atoms with Crippen LogP contribution in [0.3, 0.4) is 0 Å². The number of nitrogens with one attached hydrogen (secondary N) is 1. The minimum Gasteiger partial charge on any atom is -0.445 e. The monoisotopic (exact) mass is 501 g/mol. The van der Waals surface area contributed by atoms with Gasteiger partial charge in [0.1, 0.15) is 12.3 Å². The molecule has 2 aromatic rings. The fourth-order valence-electron chi connectivity index (χ4n) is 3.70. The number of carbonyl (C=O) groups excluding carboxylic acids is 2. The van der Waals surface area contributed by atoms with Crippen molar-refractivity contribution in [3.63, 3.8) is 0 Å². The quantitative estimate of drug-likeness (QED) is 0.491. The Bertz CT molecular complexity index is 1170. The maximum Gasteiger partial charge on any atom is 0.534 e. The Morgan fingerprint density at radius 1 is 1.15 bits per heavy atom. The Kier molecular flexibility index (Phi) is 7.05. The van der Waals surface area contributed by atoms with Gasteiger partial charge in [-0.05, 0) is 18.6 Å². The first-order chi connectivity index (χ1) is 15.8. The molecular formula is C21H22F3N3O6S. The lowest BCUT2D eigenvalue weighted by atomic mass is 9.83. The Morgan fingerprint density at radius 3 is 2.38 bits per heavy atom. The predicted octanol–water partition coefficient (Wildman–Crippen LogP) is 3.67. The van der Waals surface area contributed by atoms with Gasteiger partial charge in [0.05, 0.1) is 6.04 Å². The molecule has 0 radical (unpaired) electrons. The van der Waals surface area contributed by atoms with Crippen molar-refractivity contribution in [1.82, 2.24) is 10.3 Å². The van der Waals surface area contributed by atoms with Gasteiger partial charge < -0.3 is 19.1 Å². The van der Waals surface area contributed by atoms with Crippen molar-refractivity contribution in [2.24, 2.45) is 5.92 Å². The maximum atomic E-state index is 12.9. The van der Waals surface area contributed by atoms with E-state index in [1.165, 1.54) is 13.0 Å². The number of pyridine rings is 1. The number of anilines is 1. The van der Waals surface area contributed by atoms with Crippen LogP contribution in [-0.2, 0) is 26.3 Å². The molecule has 2 amide bonds. The lowest BCUT2D eigenvalue weighted by Crippen LogP contribution is -2.51. The molecule has 3 atom stereocenters. The van der Waals surface area contributed by atoms with E-state index in [2.05, 4.69) is 14.5 Å². The van der Waals surface area contributed by atoms with Gasteiger partial charge in [-0.3, -0.25) is 4.79 Å². The Labute approximate surface area is 194 Å². The number of amides is 2. The van der Waals surface area contributed by atoms with Gasteiger partial charge in [0.2, 0.25) is 5.91 Å². The number of hydrogen-bond donors (Lipinski definition) is 1. The molecule has 1 N–H and O–H groups in total. The van der Waals surface area contributed by atoms with E-state index < -0.39 is 51.5 Å². The maximum absolute atomic E-state index is 12.9. The van der Waals surface area contributed by atoms with Gasteiger partial charge in [0.15, 0.2) is 0 Å². The lowest BCUT2D eigenvalue weighted by molar-refractivity contribution is -0.117. The molecule has 1 aliphatic rings. The van der Waals surface area contributed by atoms with E-state index in [9.17, 15) is 31.2 Å². The number of fused-ring (bicyclic) bond motifs is 1. The first-order valence-electron chi connectivity index (χ1n) is 10.1. The predicted molar refractivity (Wildman–Crippen MR) is 114 cm³/mol. The van der Waals surface area contributed by atoms with E-state index in [4.69, 9.17) is 4.74 Å². The van der Waals surface area contributed by atoms with Crippen LogP contribution in [0.2, 0.25) is 0 Å². The molecule has 13 heteroatoms. The second-order valence-electron chi connectivity index (χ2n) is 7.71. The van der Waals surface area contributed by atoms with Crippen LogP contribution in [0.15, 0.2) is 42.6 Å². The van der Waals surface area contributed by atoms with Gasteiger partial charge in [0, 0.05) is 30.6 Å². The fraction of sp³-hybridized carbons (Fsp3) is 0.381. The summed E-state index contributed by atoms with van der Waals surface area (Å²) in [5.74, 6) is -1.93. The van der Waals surface area contributed by atoms with Gasteiger partial charge in [-0.2, -0.15) is 21.6 Å². The molecule has 0 saturated carbocycles. The molecule has 1 aromatic heterocycles. The zero-order valence-corrected chi connectivity index (χ0v) is 19.2. The summed E-state index contributed by atoms with van der Waals surface area (Å²) in [7, 11) is -6.06. The average molecular weight is 501 g/mol. The number of rotatable bonds is 5. The Morgan fingerprint density at radius 2 is 1.79 bits per heavy atom. The van der Waals surface area contributed by atoms with Crippen molar-refractivity contribution in [3.8, 4) is 5.88 Å². The minimum absolute atomic E-state index is 0.0235. The number of alkyl carbamates (subject to hydrolysis) is 1. The van der Waals surface area contributed by atoms with Crippen LogP contribution in [0, 0.1) is 5.92 Å². The number of benzene rings is 1. The summed E-state index contributed by atoms with van der Waals surface area (Å²) in [5.41, 5.74) is -5.09. The number of alkyl halides is 3. The van der Waals surface area contributed by atoms with Crippen LogP contribution in [0.5, 0.6) is 5.88 Å². The van der Waals surface area contributed by atoms with Gasteiger partial charge in [-0.25, -0.2) is 9.78 Å². The molecule has 34 heavy (non-hydrogen) atoms. The third-order valence-corrected chi connectivity index (χ3v) is 6.43. The summed E-state index contributed by atoms with van der Waals surface area (Å²) in [6.07, 6.45) is 0.225. The fourth-order valence-corrected chi connectivity index (χ4v) is 4.12. The van der Waals surface area contributed by atoms with E-state index in [0.29, 0.717) is 0 Å². The van der Waals surface area contributed by atoms with Crippen LogP contribution >= 0.6 is 0 Å². The van der Waals surface area contributed by atoms with Crippen LogP contribution in [-0.4, -0.2) is 37.0 Å². The number of aromatic nitrogens is 1. The van der Waals surface area contributed by atoms with E-state index in [1.807, 2.05) is 0 Å². The summed E-state index contributed by atoms with van der Waals surface area (Å²) in [6.45, 7) is 4.47. The highest BCUT2D eigenvalue weighted by Crippen LogP contribution is 2.45. The average Bonchev–Trinajstić information content (AvgIpc) is 2.75. The third-order valence-electron chi connectivity index (χ3n) is 5.49. The molecule has 1 aliphatic heterocycles. The standard InChI is InChI=1S/C21H22F3N3O6S/c1-12-13(2)27(14(3)28)18-16(9-10-25-19(18)33-34(30,31)21(22,23)24)17(12)26-20(29)32-11-15-7-5-4-6-8-15/h4-10,12-13,17H,11H2,1-3H3,(H,26,29)/t12?,13-,17+/m0/s1. The van der Waals surface area contributed by atoms with Crippen molar-refractivity contribution < 1.29 is 40.1 Å². The van der Waals surface area contributed by atoms with Crippen molar-refractivity contribution in [3.05, 3.63) is 53.7 Å². The molecule has 1 aromatic carbocycles. The summed E-state index contributed by atoms with van der Waals surface area (Å²) >= 11 is 0. The number of hydrogen-bond acceptors (Lipinski definition) is 7. The largest absolute Gasteiger partial charge is 0.534 e. The van der Waals surface area contributed by atoms with Crippen molar-refractivity contribution in [2.75, 3.05) is 4.90 Å². The molecule has 1 unspecified atom stereocenters. The molecular weight excluding hydrogens is 479 g/mol. The third kappa shape index (κ3) is 5.08. The lowest BCUT2D eigenvalue weighted by Gasteiger charge is -2.43. The van der Waals surface area contributed by atoms with E-state index in [1.54, 1.807) is 44.2 Å². The molecule has 184 valence electrons. The molecule has 0 saturated heterocycles. The summed E-state index contributed by atoms with van der Waals surface area (Å²) in [4.78, 5) is 29.6. The molecule has 9 nitrogen and oxygen atoms in total. The molecule has 0 fully saturated rings. The zero-order valence-electron chi connectivity index (χ0n) is 18.4. The number of halogens is 3. The molecule has 0 bridgehead atoms. The minimum atomic E-state index is -6.06. The molecule has 0 aliphatic carbocycles. The van der Waals surface area contributed by atoms with Gasteiger partial charge >= 0.3 is 21.7 Å². The highest BCUT2D eigenvalue weighted by atomic mass is 32.2. The second-order valence-corrected chi connectivity index (χ2v) is 9.25. The number of nitrogens with zero attached hydrogens (tertiary/aromatic N) is 2. The Balaban J connectivity index is 1.97. The van der Waals surface area contributed by atoms with E-state index in [-0.39, 0.29) is 17.9 Å². The zero-order chi connectivity index (χ0) is 25.3. The van der Waals surface area contributed by atoms with E-state index in [0.717, 1.165) is 16.7 Å². The highest BCUT2D eigenvalue weighted by molar-refractivity contribution is 7.88. The normalized spacial score (nSPS) is 20.3. The SMILES string of the molecule is CC(=O)N1c2c(ccnc2OS(=O)(=O)C(F)(F)F)[C@H](NC(=O)OCc2ccccc2)C(C)[C@@H]1C. The van der Waals surface area contributed by atoms with Crippen molar-refractivity contribution in [1.29, 1.82) is 0 Å². The van der Waals surface area contributed by atoms with Crippen LogP contribution < -0.4 is 14.4 Å². The van der Waals surface area contributed by atoms with Gasteiger partial charge in [-0.1, -0.05) is 37.3 Å². The molecule has 0 spiro atoms. The summed E-state index contributed by atoms with van der Waals surface area (Å²) in [5, 5.41) is 2.65. The van der Waals surface area contributed by atoms with Gasteiger partial charge in [0.25, 0.3) is 5.88 Å². The number of ether oxygens (including phenoxy) is 1. The second kappa shape index (κ2) is 9.49. The number of carbonyl (C=O) groups is 2. The summed E-state index contributed by atoms with van der Waals surface area (Å²) < 4.78 is 71.6. The first kappa shape index (κ1) is 25.3. The molecule has 2 heterocycles. The summed E-state index contributed by atoms with van der Waals surface area (Å²) in [6, 6.07) is 8.73. The van der Waals surface area contributed by atoms with Crippen LogP contribution in [0.4, 0.5) is 23.7 Å². The van der Waals surface area contributed by atoms with Crippen LogP contribution in [0.1, 0.15) is 37.9 Å². The van der Waals surface area contributed by atoms with E-state index >= 15 is 0 Å². The highest BCUT2D eigenvalue weighted by Gasteiger charge is 2.50. The Hall–Kier alpha value is -3.35. The first-order valence-corrected chi connectivity index (χ1v) is 11.5. The van der Waals surface area contributed by atoms with Crippen molar-refractivity contribution >= 4 is 27.8 Å². The smallest absolute Gasteiger partial charge is 0.445 e. The van der Waals surface area contributed by atoms with Crippen molar-refractivity contribution in [2.45, 2.75) is 45.0 Å². The topological polar surface area (TPSA) is 115 Å².